The monoisotopic (exact) mass is 327 g/mol. The number of hydrogen-bond acceptors (Lipinski definition) is 4. The first-order valence-corrected chi connectivity index (χ1v) is 7.35. The van der Waals surface area contributed by atoms with Gasteiger partial charge in [0.2, 0.25) is 0 Å². The number of hydrogen-bond donors (Lipinski definition) is 2. The first kappa shape index (κ1) is 15.1. The molecule has 3 aromatic rings. The molecule has 23 heavy (non-hydrogen) atoms. The van der Waals surface area contributed by atoms with E-state index in [0.29, 0.717) is 22.1 Å². The summed E-state index contributed by atoms with van der Waals surface area (Å²) in [6, 6.07) is 15.8. The van der Waals surface area contributed by atoms with Crippen LogP contribution in [-0.4, -0.2) is 11.1 Å². The molecule has 0 radical (unpaired) electrons. The first-order chi connectivity index (χ1) is 11.1. The highest BCUT2D eigenvalue weighted by Gasteiger charge is 2.06. The highest BCUT2D eigenvalue weighted by atomic mass is 35.5. The minimum Gasteiger partial charge on any atom is -0.360 e. The standard InChI is InChI=1S/C17H14ClN3O2/c1-11-10-16(21-23-11)19-14-6-8-15(9-7-14)20-17(22)12-2-4-13(18)5-3-12/h2-10H,1H3,(H,19,21)(H,20,22). The molecular weight excluding hydrogens is 314 g/mol. The number of carbonyl (C=O) groups is 1. The fourth-order valence-electron chi connectivity index (χ4n) is 2.01. The predicted octanol–water partition coefficient (Wildman–Crippen LogP) is 4.63. The Morgan fingerprint density at radius 3 is 2.30 bits per heavy atom. The van der Waals surface area contributed by atoms with Crippen LogP contribution in [0.25, 0.3) is 0 Å². The van der Waals surface area contributed by atoms with E-state index in [1.807, 2.05) is 31.2 Å². The Morgan fingerprint density at radius 1 is 1.04 bits per heavy atom. The number of nitrogens with one attached hydrogen (secondary N) is 2. The Labute approximate surface area is 138 Å². The average molecular weight is 328 g/mol. The Kier molecular flexibility index (Phi) is 4.30. The summed E-state index contributed by atoms with van der Waals surface area (Å²) < 4.78 is 4.99. The number of aryl methyl sites for hydroxylation is 1. The van der Waals surface area contributed by atoms with E-state index in [1.54, 1.807) is 30.3 Å². The Bertz CT molecular complexity index is 811. The SMILES string of the molecule is Cc1cc(Nc2ccc(NC(=O)c3ccc(Cl)cc3)cc2)no1. The van der Waals surface area contributed by atoms with E-state index in [9.17, 15) is 4.79 Å². The number of aromatic nitrogens is 1. The molecule has 0 spiro atoms. The number of carbonyl (C=O) groups excluding carboxylic acids is 1. The number of amides is 1. The molecule has 1 heterocycles. The lowest BCUT2D eigenvalue weighted by Crippen LogP contribution is -2.11. The number of anilines is 3. The second-order valence-corrected chi connectivity index (χ2v) is 5.42. The Hall–Kier alpha value is -2.79. The van der Waals surface area contributed by atoms with Crippen molar-refractivity contribution in [1.29, 1.82) is 0 Å². The van der Waals surface area contributed by atoms with Crippen molar-refractivity contribution in [2.45, 2.75) is 6.92 Å². The van der Waals surface area contributed by atoms with Crippen molar-refractivity contribution in [2.75, 3.05) is 10.6 Å². The summed E-state index contributed by atoms with van der Waals surface area (Å²) in [6.45, 7) is 1.83. The average Bonchev–Trinajstić information content (AvgIpc) is 2.95. The van der Waals surface area contributed by atoms with Gasteiger partial charge in [0.1, 0.15) is 5.76 Å². The van der Waals surface area contributed by atoms with Crippen molar-refractivity contribution in [3.63, 3.8) is 0 Å². The van der Waals surface area contributed by atoms with Gasteiger partial charge in [-0.05, 0) is 55.5 Å². The summed E-state index contributed by atoms with van der Waals surface area (Å²) >= 11 is 5.81. The van der Waals surface area contributed by atoms with Crippen LogP contribution in [0.2, 0.25) is 5.02 Å². The molecule has 2 N–H and O–H groups in total. The molecule has 1 aromatic heterocycles. The Balaban J connectivity index is 1.65. The minimum absolute atomic E-state index is 0.186. The van der Waals surface area contributed by atoms with Gasteiger partial charge < -0.3 is 15.2 Å². The maximum atomic E-state index is 12.1. The quantitative estimate of drug-likeness (QED) is 0.733. The topological polar surface area (TPSA) is 67.2 Å². The third-order valence-electron chi connectivity index (χ3n) is 3.15. The van der Waals surface area contributed by atoms with Gasteiger partial charge in [0, 0.05) is 28.0 Å². The van der Waals surface area contributed by atoms with Crippen molar-refractivity contribution < 1.29 is 9.32 Å². The molecule has 6 heteroatoms. The van der Waals surface area contributed by atoms with Crippen LogP contribution >= 0.6 is 11.6 Å². The molecule has 5 nitrogen and oxygen atoms in total. The lowest BCUT2D eigenvalue weighted by Gasteiger charge is -2.07. The summed E-state index contributed by atoms with van der Waals surface area (Å²) in [5.41, 5.74) is 2.10. The smallest absolute Gasteiger partial charge is 0.255 e. The van der Waals surface area contributed by atoms with Crippen molar-refractivity contribution in [3.8, 4) is 0 Å². The van der Waals surface area contributed by atoms with Crippen LogP contribution in [0.3, 0.4) is 0 Å². The van der Waals surface area contributed by atoms with Gasteiger partial charge in [-0.15, -0.1) is 0 Å². The second kappa shape index (κ2) is 6.54. The van der Waals surface area contributed by atoms with Crippen molar-refractivity contribution in [2.24, 2.45) is 0 Å². The van der Waals surface area contributed by atoms with Crippen LogP contribution in [-0.2, 0) is 0 Å². The fraction of sp³-hybridized carbons (Fsp3) is 0.0588. The fourth-order valence-corrected chi connectivity index (χ4v) is 2.14. The third kappa shape index (κ3) is 3.90. The highest BCUT2D eigenvalue weighted by molar-refractivity contribution is 6.30. The first-order valence-electron chi connectivity index (χ1n) is 6.97. The highest BCUT2D eigenvalue weighted by Crippen LogP contribution is 2.19. The van der Waals surface area contributed by atoms with Crippen LogP contribution in [0.5, 0.6) is 0 Å². The van der Waals surface area contributed by atoms with Gasteiger partial charge in [-0.3, -0.25) is 4.79 Å². The Morgan fingerprint density at radius 2 is 1.70 bits per heavy atom. The summed E-state index contributed by atoms with van der Waals surface area (Å²) in [5.74, 6) is 1.19. The molecule has 0 aliphatic carbocycles. The van der Waals surface area contributed by atoms with E-state index < -0.39 is 0 Å². The van der Waals surface area contributed by atoms with Crippen LogP contribution in [0.15, 0.2) is 59.1 Å². The zero-order valence-corrected chi connectivity index (χ0v) is 13.1. The molecule has 0 saturated carbocycles. The summed E-state index contributed by atoms with van der Waals surface area (Å²) in [4.78, 5) is 12.1. The molecule has 1 amide bonds. The molecule has 0 aliphatic rings. The van der Waals surface area contributed by atoms with Gasteiger partial charge in [-0.25, -0.2) is 0 Å². The van der Waals surface area contributed by atoms with E-state index in [1.165, 1.54) is 0 Å². The van der Waals surface area contributed by atoms with E-state index in [0.717, 1.165) is 11.4 Å². The van der Waals surface area contributed by atoms with Gasteiger partial charge in [-0.2, -0.15) is 0 Å². The largest absolute Gasteiger partial charge is 0.360 e. The van der Waals surface area contributed by atoms with Gasteiger partial charge in [0.15, 0.2) is 5.82 Å². The number of benzene rings is 2. The molecule has 116 valence electrons. The van der Waals surface area contributed by atoms with Crippen molar-refractivity contribution >= 4 is 34.7 Å². The van der Waals surface area contributed by atoms with Crippen molar-refractivity contribution in [1.82, 2.24) is 5.16 Å². The molecule has 2 aromatic carbocycles. The van der Waals surface area contributed by atoms with Gasteiger partial charge in [0.05, 0.1) is 0 Å². The summed E-state index contributed by atoms with van der Waals surface area (Å²) in [6.07, 6.45) is 0. The third-order valence-corrected chi connectivity index (χ3v) is 3.40. The van der Waals surface area contributed by atoms with Crippen molar-refractivity contribution in [3.05, 3.63) is 70.9 Å². The molecule has 0 atom stereocenters. The number of rotatable bonds is 4. The van der Waals surface area contributed by atoms with Crippen LogP contribution in [0.1, 0.15) is 16.1 Å². The van der Waals surface area contributed by atoms with Crippen LogP contribution in [0, 0.1) is 6.92 Å². The zero-order valence-electron chi connectivity index (χ0n) is 12.3. The van der Waals surface area contributed by atoms with Crippen LogP contribution in [0.4, 0.5) is 17.2 Å². The molecule has 3 rings (SSSR count). The van der Waals surface area contributed by atoms with Gasteiger partial charge >= 0.3 is 0 Å². The molecule has 0 unspecified atom stereocenters. The zero-order chi connectivity index (χ0) is 16.2. The second-order valence-electron chi connectivity index (χ2n) is 4.99. The maximum absolute atomic E-state index is 12.1. The lowest BCUT2D eigenvalue weighted by molar-refractivity contribution is 0.102. The van der Waals surface area contributed by atoms with E-state index in [-0.39, 0.29) is 5.91 Å². The lowest BCUT2D eigenvalue weighted by atomic mass is 10.2. The predicted molar refractivity (Wildman–Crippen MR) is 90.4 cm³/mol. The molecular formula is C17H14ClN3O2. The van der Waals surface area contributed by atoms with E-state index in [2.05, 4.69) is 15.8 Å². The summed E-state index contributed by atoms with van der Waals surface area (Å²) in [7, 11) is 0. The summed E-state index contributed by atoms with van der Waals surface area (Å²) in [5, 5.41) is 10.4. The number of nitrogens with zero attached hydrogens (tertiary/aromatic N) is 1. The normalized spacial score (nSPS) is 10.3. The molecule has 0 aliphatic heterocycles. The molecule has 0 saturated heterocycles. The van der Waals surface area contributed by atoms with Gasteiger partial charge in [-0.1, -0.05) is 16.8 Å². The molecule has 0 bridgehead atoms. The van der Waals surface area contributed by atoms with Crippen LogP contribution < -0.4 is 10.6 Å². The van der Waals surface area contributed by atoms with Gasteiger partial charge in [0.25, 0.3) is 5.91 Å². The molecule has 0 fully saturated rings. The maximum Gasteiger partial charge on any atom is 0.255 e. The number of halogens is 1. The van der Waals surface area contributed by atoms with E-state index in [4.69, 9.17) is 16.1 Å². The van der Waals surface area contributed by atoms with E-state index >= 15 is 0 Å². The minimum atomic E-state index is -0.186.